The number of hydrogen-bond donors (Lipinski definition) is 1. The molecule has 0 saturated carbocycles. The Labute approximate surface area is 135 Å². The van der Waals surface area contributed by atoms with Crippen LogP contribution in [0.25, 0.3) is 0 Å². The second kappa shape index (κ2) is 11.9. The first kappa shape index (κ1) is 18.3. The van der Waals surface area contributed by atoms with Gasteiger partial charge in [-0.2, -0.15) is 0 Å². The van der Waals surface area contributed by atoms with E-state index in [1.165, 1.54) is 51.4 Å². The Balaban J connectivity index is 2.11. The number of halogens is 1. The summed E-state index contributed by atoms with van der Waals surface area (Å²) in [7, 11) is 2.01. The zero-order chi connectivity index (χ0) is 15.3. The summed E-state index contributed by atoms with van der Waals surface area (Å²) in [5.74, 6) is 0.849. The highest BCUT2D eigenvalue weighted by molar-refractivity contribution is 6.30. The van der Waals surface area contributed by atoms with Gasteiger partial charge in [0.25, 0.3) is 0 Å². The predicted octanol–water partition coefficient (Wildman–Crippen LogP) is 5.45. The Morgan fingerprint density at radius 1 is 1.10 bits per heavy atom. The molecule has 0 saturated heterocycles. The summed E-state index contributed by atoms with van der Waals surface area (Å²) in [6.07, 6.45) is 10.6. The zero-order valence-electron chi connectivity index (χ0n) is 13.5. The van der Waals surface area contributed by atoms with Crippen molar-refractivity contribution in [2.45, 2.75) is 64.3 Å². The van der Waals surface area contributed by atoms with Crippen molar-refractivity contribution in [3.63, 3.8) is 0 Å². The molecule has 120 valence electrons. The SMILES string of the molecule is CCCCCCCCCC(COc1cccc(Cl)c1)NC. The molecule has 1 aromatic rings. The van der Waals surface area contributed by atoms with Crippen LogP contribution in [0.5, 0.6) is 5.75 Å². The largest absolute Gasteiger partial charge is 0.492 e. The van der Waals surface area contributed by atoms with Gasteiger partial charge in [-0.25, -0.2) is 0 Å². The Bertz CT molecular complexity index is 370. The smallest absolute Gasteiger partial charge is 0.120 e. The van der Waals surface area contributed by atoms with Crippen LogP contribution < -0.4 is 10.1 Å². The number of likely N-dealkylation sites (N-methyl/N-ethyl adjacent to an activating group) is 1. The van der Waals surface area contributed by atoms with Crippen LogP contribution in [0.3, 0.4) is 0 Å². The van der Waals surface area contributed by atoms with Gasteiger partial charge in [0, 0.05) is 11.1 Å². The second-order valence-corrected chi connectivity index (χ2v) is 6.10. The van der Waals surface area contributed by atoms with Crippen molar-refractivity contribution >= 4 is 11.6 Å². The summed E-state index contributed by atoms with van der Waals surface area (Å²) >= 11 is 5.95. The zero-order valence-corrected chi connectivity index (χ0v) is 14.3. The molecule has 0 radical (unpaired) electrons. The van der Waals surface area contributed by atoms with Crippen LogP contribution in [0.4, 0.5) is 0 Å². The number of hydrogen-bond acceptors (Lipinski definition) is 2. The van der Waals surface area contributed by atoms with E-state index in [0.29, 0.717) is 12.6 Å². The van der Waals surface area contributed by atoms with Crippen LogP contribution in [-0.2, 0) is 0 Å². The standard InChI is InChI=1S/C18H30ClNO/c1-3-4-5-6-7-8-9-12-17(20-2)15-21-18-13-10-11-16(19)14-18/h10-11,13-14,17,20H,3-9,12,15H2,1-2H3. The molecule has 1 unspecified atom stereocenters. The highest BCUT2D eigenvalue weighted by Gasteiger charge is 2.07. The fourth-order valence-electron chi connectivity index (χ4n) is 2.41. The molecule has 1 rings (SSSR count). The number of unbranched alkanes of at least 4 members (excludes halogenated alkanes) is 6. The van der Waals surface area contributed by atoms with Gasteiger partial charge < -0.3 is 10.1 Å². The molecule has 0 aliphatic rings. The van der Waals surface area contributed by atoms with Crippen LogP contribution in [-0.4, -0.2) is 19.7 Å². The highest BCUT2D eigenvalue weighted by Crippen LogP contribution is 2.17. The van der Waals surface area contributed by atoms with E-state index in [1.807, 2.05) is 31.3 Å². The maximum absolute atomic E-state index is 5.95. The molecule has 0 aromatic heterocycles. The minimum atomic E-state index is 0.416. The van der Waals surface area contributed by atoms with Gasteiger partial charge >= 0.3 is 0 Å². The summed E-state index contributed by atoms with van der Waals surface area (Å²) in [6.45, 7) is 2.96. The van der Waals surface area contributed by atoms with E-state index in [0.717, 1.165) is 10.8 Å². The van der Waals surface area contributed by atoms with Crippen molar-refractivity contribution in [2.24, 2.45) is 0 Å². The Morgan fingerprint density at radius 2 is 1.81 bits per heavy atom. The van der Waals surface area contributed by atoms with Crippen LogP contribution >= 0.6 is 11.6 Å². The molecule has 2 nitrogen and oxygen atoms in total. The summed E-state index contributed by atoms with van der Waals surface area (Å²) < 4.78 is 5.80. The molecule has 1 aromatic carbocycles. The van der Waals surface area contributed by atoms with E-state index in [-0.39, 0.29) is 0 Å². The van der Waals surface area contributed by atoms with Gasteiger partial charge in [0.05, 0.1) is 0 Å². The molecule has 1 N–H and O–H groups in total. The molecule has 0 aliphatic carbocycles. The molecule has 0 fully saturated rings. The first-order valence-electron chi connectivity index (χ1n) is 8.32. The fourth-order valence-corrected chi connectivity index (χ4v) is 2.59. The summed E-state index contributed by atoms with van der Waals surface area (Å²) in [4.78, 5) is 0. The Hall–Kier alpha value is -0.730. The van der Waals surface area contributed by atoms with Gasteiger partial charge in [0.2, 0.25) is 0 Å². The molecular formula is C18H30ClNO. The molecule has 21 heavy (non-hydrogen) atoms. The first-order chi connectivity index (χ1) is 10.3. The van der Waals surface area contributed by atoms with Gasteiger partial charge in [-0.3, -0.25) is 0 Å². The lowest BCUT2D eigenvalue weighted by Crippen LogP contribution is -2.31. The highest BCUT2D eigenvalue weighted by atomic mass is 35.5. The minimum absolute atomic E-state index is 0.416. The molecule has 0 amide bonds. The molecule has 0 bridgehead atoms. The molecule has 0 heterocycles. The van der Waals surface area contributed by atoms with Crippen molar-refractivity contribution in [1.82, 2.24) is 5.32 Å². The topological polar surface area (TPSA) is 21.3 Å². The molecule has 0 spiro atoms. The van der Waals surface area contributed by atoms with E-state index in [9.17, 15) is 0 Å². The lowest BCUT2D eigenvalue weighted by molar-refractivity contribution is 0.260. The van der Waals surface area contributed by atoms with Crippen LogP contribution in [0.1, 0.15) is 58.3 Å². The first-order valence-corrected chi connectivity index (χ1v) is 8.69. The minimum Gasteiger partial charge on any atom is -0.492 e. The average Bonchev–Trinajstić information content (AvgIpc) is 2.49. The van der Waals surface area contributed by atoms with E-state index in [4.69, 9.17) is 16.3 Å². The molecule has 1 atom stereocenters. The lowest BCUT2D eigenvalue weighted by atomic mass is 10.1. The average molecular weight is 312 g/mol. The number of benzene rings is 1. The third-order valence-electron chi connectivity index (χ3n) is 3.81. The molecule has 0 aliphatic heterocycles. The molecular weight excluding hydrogens is 282 g/mol. The van der Waals surface area contributed by atoms with Gasteiger partial charge in [-0.1, -0.05) is 69.5 Å². The predicted molar refractivity (Wildman–Crippen MR) is 92.4 cm³/mol. The number of ether oxygens (including phenoxy) is 1. The number of nitrogens with one attached hydrogen (secondary N) is 1. The van der Waals surface area contributed by atoms with Gasteiger partial charge in [-0.15, -0.1) is 0 Å². The monoisotopic (exact) mass is 311 g/mol. The van der Waals surface area contributed by atoms with E-state index < -0.39 is 0 Å². The van der Waals surface area contributed by atoms with Crippen LogP contribution in [0.2, 0.25) is 5.02 Å². The van der Waals surface area contributed by atoms with Gasteiger partial charge in [-0.05, 0) is 31.7 Å². The molecule has 3 heteroatoms. The normalized spacial score (nSPS) is 12.3. The summed E-state index contributed by atoms with van der Waals surface area (Å²) in [6, 6.07) is 8.01. The van der Waals surface area contributed by atoms with Gasteiger partial charge in [0.15, 0.2) is 0 Å². The van der Waals surface area contributed by atoms with E-state index in [1.54, 1.807) is 0 Å². The number of rotatable bonds is 12. The Kier molecular flexibility index (Phi) is 10.4. The van der Waals surface area contributed by atoms with Crippen molar-refractivity contribution in [2.75, 3.05) is 13.7 Å². The van der Waals surface area contributed by atoms with Crippen molar-refractivity contribution in [3.05, 3.63) is 29.3 Å². The maximum atomic E-state index is 5.95. The van der Waals surface area contributed by atoms with E-state index in [2.05, 4.69) is 12.2 Å². The Morgan fingerprint density at radius 3 is 2.48 bits per heavy atom. The van der Waals surface area contributed by atoms with Gasteiger partial charge in [0.1, 0.15) is 12.4 Å². The lowest BCUT2D eigenvalue weighted by Gasteiger charge is -2.17. The summed E-state index contributed by atoms with van der Waals surface area (Å²) in [5.41, 5.74) is 0. The summed E-state index contributed by atoms with van der Waals surface area (Å²) in [5, 5.41) is 4.06. The van der Waals surface area contributed by atoms with Crippen molar-refractivity contribution in [1.29, 1.82) is 0 Å². The van der Waals surface area contributed by atoms with Crippen LogP contribution in [0, 0.1) is 0 Å². The fraction of sp³-hybridized carbons (Fsp3) is 0.667. The third kappa shape index (κ3) is 9.00. The van der Waals surface area contributed by atoms with Crippen molar-refractivity contribution in [3.8, 4) is 5.75 Å². The van der Waals surface area contributed by atoms with E-state index >= 15 is 0 Å². The third-order valence-corrected chi connectivity index (χ3v) is 4.05. The maximum Gasteiger partial charge on any atom is 0.120 e. The van der Waals surface area contributed by atoms with Crippen LogP contribution in [0.15, 0.2) is 24.3 Å². The van der Waals surface area contributed by atoms with Crippen molar-refractivity contribution < 1.29 is 4.74 Å². The quantitative estimate of drug-likeness (QED) is 0.518. The second-order valence-electron chi connectivity index (χ2n) is 5.66.